The number of fused-ring (bicyclic) bond motifs is 2. The van der Waals surface area contributed by atoms with E-state index in [0.29, 0.717) is 22.4 Å². The van der Waals surface area contributed by atoms with Gasteiger partial charge in [-0.15, -0.1) is 0 Å². The lowest BCUT2D eigenvalue weighted by molar-refractivity contribution is -0.125. The topological polar surface area (TPSA) is 64.0 Å². The smallest absolute Gasteiger partial charge is 0.262 e. The zero-order chi connectivity index (χ0) is 16.7. The Morgan fingerprint density at radius 2 is 1.87 bits per heavy atom. The molecule has 0 spiro atoms. The summed E-state index contributed by atoms with van der Waals surface area (Å²) in [5.74, 6) is 0.618. The van der Waals surface area contributed by atoms with Crippen LogP contribution in [0, 0.1) is 11.8 Å². The number of para-hydroxylation sites is 1. The van der Waals surface area contributed by atoms with Crippen LogP contribution in [0.3, 0.4) is 0 Å². The summed E-state index contributed by atoms with van der Waals surface area (Å²) in [5.41, 5.74) is 1.11. The molecule has 0 bridgehead atoms. The van der Waals surface area contributed by atoms with E-state index < -0.39 is 6.04 Å². The van der Waals surface area contributed by atoms with E-state index in [1.54, 1.807) is 10.6 Å². The maximum Gasteiger partial charge on any atom is 0.262 e. The molecule has 0 saturated carbocycles. The fourth-order valence-electron chi connectivity index (χ4n) is 3.02. The molecule has 5 heteroatoms. The molecule has 0 fully saturated rings. The van der Waals surface area contributed by atoms with Crippen molar-refractivity contribution < 1.29 is 4.79 Å². The van der Waals surface area contributed by atoms with Crippen LogP contribution in [-0.2, 0) is 4.79 Å². The molecule has 1 N–H and O–H groups in total. The van der Waals surface area contributed by atoms with Crippen LogP contribution in [0.5, 0.6) is 0 Å². The number of hydrogen-bond acceptors (Lipinski definition) is 3. The van der Waals surface area contributed by atoms with Gasteiger partial charge in [0, 0.05) is 0 Å². The average Bonchev–Trinajstić information content (AvgIpc) is 2.47. The Bertz CT molecular complexity index is 862. The molecule has 2 heterocycles. The molecule has 3 rings (SSSR count). The number of amides is 1. The van der Waals surface area contributed by atoms with Gasteiger partial charge in [-0.2, -0.15) is 0 Å². The second kappa shape index (κ2) is 5.65. The van der Waals surface area contributed by atoms with Gasteiger partial charge in [-0.25, -0.2) is 4.98 Å². The molecule has 1 amide bonds. The number of allylic oxidation sites excluding steroid dienone is 1. The summed E-state index contributed by atoms with van der Waals surface area (Å²) in [4.78, 5) is 30.2. The molecule has 5 nitrogen and oxygen atoms in total. The van der Waals surface area contributed by atoms with Crippen molar-refractivity contribution in [3.05, 3.63) is 46.5 Å². The standard InChI is InChI=1S/C18H21N3O2/c1-10(2)9-14-16-19-13-8-6-5-7-12(13)18(23)21(16)15(11(3)4)17(22)20-14/h5-11,15H,1-4H3,(H,20,22)/t15-/m1/s1. The number of aromatic nitrogens is 2. The lowest BCUT2D eigenvalue weighted by Gasteiger charge is -2.31. The van der Waals surface area contributed by atoms with Gasteiger partial charge in [-0.1, -0.05) is 45.9 Å². The summed E-state index contributed by atoms with van der Waals surface area (Å²) in [6.07, 6.45) is 1.93. The predicted octanol–water partition coefficient (Wildman–Crippen LogP) is 2.72. The van der Waals surface area contributed by atoms with Crippen LogP contribution < -0.4 is 10.9 Å². The van der Waals surface area contributed by atoms with Gasteiger partial charge in [0.05, 0.1) is 16.6 Å². The zero-order valence-corrected chi connectivity index (χ0v) is 13.8. The van der Waals surface area contributed by atoms with Crippen LogP contribution in [-0.4, -0.2) is 15.5 Å². The number of nitrogens with one attached hydrogen (secondary N) is 1. The van der Waals surface area contributed by atoms with Crippen LogP contribution in [0.1, 0.15) is 39.6 Å². The largest absolute Gasteiger partial charge is 0.321 e. The molecule has 0 aliphatic carbocycles. The first-order valence-corrected chi connectivity index (χ1v) is 7.94. The van der Waals surface area contributed by atoms with E-state index in [1.165, 1.54) is 0 Å². The van der Waals surface area contributed by atoms with Crippen LogP contribution in [0.15, 0.2) is 35.1 Å². The summed E-state index contributed by atoms with van der Waals surface area (Å²) < 4.78 is 1.56. The van der Waals surface area contributed by atoms with Gasteiger partial charge < -0.3 is 5.32 Å². The van der Waals surface area contributed by atoms with Crippen molar-refractivity contribution in [2.45, 2.75) is 33.7 Å². The van der Waals surface area contributed by atoms with E-state index in [0.717, 1.165) is 0 Å². The van der Waals surface area contributed by atoms with Gasteiger partial charge in [0.2, 0.25) is 5.91 Å². The third-order valence-electron chi connectivity index (χ3n) is 3.98. The van der Waals surface area contributed by atoms with Gasteiger partial charge in [0.15, 0.2) is 5.82 Å². The normalized spacial score (nSPS) is 19.5. The highest BCUT2D eigenvalue weighted by Gasteiger charge is 2.34. The molecule has 2 aromatic rings. The highest BCUT2D eigenvalue weighted by atomic mass is 16.2. The maximum absolute atomic E-state index is 13.0. The molecule has 120 valence electrons. The fourth-order valence-corrected chi connectivity index (χ4v) is 3.02. The molecule has 0 radical (unpaired) electrons. The Morgan fingerprint density at radius 3 is 2.52 bits per heavy atom. The molecule has 1 aliphatic rings. The first kappa shape index (κ1) is 15.5. The maximum atomic E-state index is 13.0. The summed E-state index contributed by atoms with van der Waals surface area (Å²) in [6, 6.07) is 6.72. The summed E-state index contributed by atoms with van der Waals surface area (Å²) in [7, 11) is 0. The van der Waals surface area contributed by atoms with Crippen molar-refractivity contribution in [3.63, 3.8) is 0 Å². The highest BCUT2D eigenvalue weighted by Crippen LogP contribution is 2.27. The minimum Gasteiger partial charge on any atom is -0.321 e. The predicted molar refractivity (Wildman–Crippen MR) is 90.8 cm³/mol. The monoisotopic (exact) mass is 311 g/mol. The summed E-state index contributed by atoms with van der Waals surface area (Å²) >= 11 is 0. The van der Waals surface area contributed by atoms with Crippen LogP contribution in [0.25, 0.3) is 16.6 Å². The molecule has 0 unspecified atom stereocenters. The fraction of sp³-hybridized carbons (Fsp3) is 0.389. The number of carbonyl (C=O) groups excluding carboxylic acids is 1. The number of benzene rings is 1. The average molecular weight is 311 g/mol. The van der Waals surface area contributed by atoms with Gasteiger partial charge in [-0.3, -0.25) is 14.2 Å². The van der Waals surface area contributed by atoms with Crippen LogP contribution in [0.2, 0.25) is 0 Å². The van der Waals surface area contributed by atoms with Crippen molar-refractivity contribution in [3.8, 4) is 0 Å². The number of hydrogen-bond donors (Lipinski definition) is 1. The Morgan fingerprint density at radius 1 is 1.17 bits per heavy atom. The van der Waals surface area contributed by atoms with E-state index in [9.17, 15) is 9.59 Å². The third-order valence-corrected chi connectivity index (χ3v) is 3.98. The Balaban J connectivity index is 2.39. The second-order valence-corrected chi connectivity index (χ2v) is 6.63. The minimum atomic E-state index is -0.543. The first-order chi connectivity index (χ1) is 10.9. The Hall–Kier alpha value is -2.43. The zero-order valence-electron chi connectivity index (χ0n) is 13.8. The molecule has 1 atom stereocenters. The molecule has 23 heavy (non-hydrogen) atoms. The van der Waals surface area contributed by atoms with Gasteiger partial charge in [-0.05, 0) is 24.0 Å². The van der Waals surface area contributed by atoms with E-state index in [4.69, 9.17) is 0 Å². The lowest BCUT2D eigenvalue weighted by atomic mass is 9.99. The molecule has 1 aliphatic heterocycles. The van der Waals surface area contributed by atoms with Crippen molar-refractivity contribution in [1.82, 2.24) is 14.9 Å². The third kappa shape index (κ3) is 2.56. The lowest BCUT2D eigenvalue weighted by Crippen LogP contribution is -2.46. The van der Waals surface area contributed by atoms with Crippen molar-refractivity contribution in [2.75, 3.05) is 0 Å². The van der Waals surface area contributed by atoms with E-state index in [1.807, 2.05) is 52.0 Å². The molecule has 1 aromatic carbocycles. The second-order valence-electron chi connectivity index (χ2n) is 6.63. The number of nitrogens with zero attached hydrogens (tertiary/aromatic N) is 2. The van der Waals surface area contributed by atoms with Gasteiger partial charge >= 0.3 is 0 Å². The van der Waals surface area contributed by atoms with E-state index in [-0.39, 0.29) is 23.3 Å². The molecular weight excluding hydrogens is 290 g/mol. The van der Waals surface area contributed by atoms with Crippen LogP contribution >= 0.6 is 0 Å². The summed E-state index contributed by atoms with van der Waals surface area (Å²) in [5, 5.41) is 3.47. The van der Waals surface area contributed by atoms with Crippen LogP contribution in [0.4, 0.5) is 0 Å². The van der Waals surface area contributed by atoms with Crippen molar-refractivity contribution in [1.29, 1.82) is 0 Å². The number of carbonyl (C=O) groups is 1. The molecule has 1 aromatic heterocycles. The van der Waals surface area contributed by atoms with E-state index in [2.05, 4.69) is 10.3 Å². The molecular formula is C18H21N3O2. The van der Waals surface area contributed by atoms with Gasteiger partial charge in [0.1, 0.15) is 6.04 Å². The minimum absolute atomic E-state index is 0.00462. The SMILES string of the molecule is CC(C)C=C1NC(=O)[C@@H](C(C)C)n2c1nc1ccccc1c2=O. The Kier molecular flexibility index (Phi) is 3.80. The van der Waals surface area contributed by atoms with Crippen molar-refractivity contribution >= 4 is 22.5 Å². The van der Waals surface area contributed by atoms with E-state index >= 15 is 0 Å². The molecule has 0 saturated heterocycles. The first-order valence-electron chi connectivity index (χ1n) is 7.94. The quantitative estimate of drug-likeness (QED) is 0.927. The highest BCUT2D eigenvalue weighted by molar-refractivity contribution is 5.93. The summed E-state index contributed by atoms with van der Waals surface area (Å²) in [6.45, 7) is 7.92. The number of rotatable bonds is 2. The van der Waals surface area contributed by atoms with Gasteiger partial charge in [0.25, 0.3) is 5.56 Å². The van der Waals surface area contributed by atoms with Crippen molar-refractivity contribution in [2.24, 2.45) is 11.8 Å². The Labute approximate surface area is 135 Å².